The predicted molar refractivity (Wildman–Crippen MR) is 87.1 cm³/mol. The van der Waals surface area contributed by atoms with E-state index < -0.39 is 0 Å². The minimum Gasteiger partial charge on any atom is -0.444 e. The van der Waals surface area contributed by atoms with Crippen LogP contribution in [0.1, 0.15) is 38.0 Å². The van der Waals surface area contributed by atoms with Gasteiger partial charge in [0.15, 0.2) is 0 Å². The molecule has 0 N–H and O–H groups in total. The Morgan fingerprint density at radius 3 is 2.68 bits per heavy atom. The molecule has 0 aliphatic carbocycles. The molecule has 0 unspecified atom stereocenters. The van der Waals surface area contributed by atoms with Gasteiger partial charge < -0.3 is 8.83 Å². The van der Waals surface area contributed by atoms with E-state index in [0.717, 1.165) is 16.2 Å². The van der Waals surface area contributed by atoms with E-state index in [4.69, 9.17) is 8.83 Å². The molecule has 0 atom stereocenters. The first-order valence-corrected chi connectivity index (χ1v) is 8.76. The van der Waals surface area contributed by atoms with Crippen molar-refractivity contribution in [2.75, 3.05) is 0 Å². The molecule has 0 saturated heterocycles. The van der Waals surface area contributed by atoms with Gasteiger partial charge in [-0.3, -0.25) is 0 Å². The first-order valence-electron chi connectivity index (χ1n) is 6.89. The van der Waals surface area contributed by atoms with Crippen molar-refractivity contribution < 1.29 is 8.83 Å². The molecular weight excluding hydrogens is 318 g/mol. The number of hydrogen-bond acceptors (Lipinski definition) is 7. The molecule has 116 valence electrons. The van der Waals surface area contributed by atoms with E-state index >= 15 is 0 Å². The summed E-state index contributed by atoms with van der Waals surface area (Å²) in [6.45, 7) is 8.32. The number of rotatable bonds is 4. The van der Waals surface area contributed by atoms with Crippen LogP contribution in [0.25, 0.3) is 10.8 Å². The standard InChI is InChI=1S/C15H17N3O2S2/c1-9-5-6-21-12(9)13-17-18-14(20-13)22-8-11-16-7-10(19-11)15(2,3)4/h5-7H,8H2,1-4H3. The predicted octanol–water partition coefficient (Wildman–Crippen LogP) is 4.68. The Bertz CT molecular complexity index is 768. The van der Waals surface area contributed by atoms with Crippen molar-refractivity contribution in [1.82, 2.24) is 15.2 Å². The lowest BCUT2D eigenvalue weighted by Gasteiger charge is -2.12. The zero-order valence-electron chi connectivity index (χ0n) is 12.9. The molecule has 0 spiro atoms. The minimum absolute atomic E-state index is 0.0374. The Labute approximate surface area is 137 Å². The van der Waals surface area contributed by atoms with Crippen molar-refractivity contribution in [1.29, 1.82) is 0 Å². The van der Waals surface area contributed by atoms with Gasteiger partial charge in [-0.15, -0.1) is 21.5 Å². The number of aryl methyl sites for hydroxylation is 1. The SMILES string of the molecule is Cc1ccsc1-c1nnc(SCc2ncc(C(C)(C)C)o2)o1. The minimum atomic E-state index is -0.0374. The lowest BCUT2D eigenvalue weighted by molar-refractivity contribution is 0.390. The lowest BCUT2D eigenvalue weighted by Crippen LogP contribution is -2.09. The van der Waals surface area contributed by atoms with Crippen molar-refractivity contribution in [3.8, 4) is 10.8 Å². The molecule has 5 nitrogen and oxygen atoms in total. The van der Waals surface area contributed by atoms with Gasteiger partial charge in [-0.2, -0.15) is 0 Å². The molecule has 3 aromatic rings. The second-order valence-electron chi connectivity index (χ2n) is 5.96. The second kappa shape index (κ2) is 5.89. The van der Waals surface area contributed by atoms with Gasteiger partial charge in [0, 0.05) is 5.41 Å². The normalized spacial score (nSPS) is 12.0. The Hall–Kier alpha value is -1.60. The van der Waals surface area contributed by atoms with Crippen LogP contribution in [0.4, 0.5) is 0 Å². The summed E-state index contributed by atoms with van der Waals surface area (Å²) in [4.78, 5) is 5.31. The van der Waals surface area contributed by atoms with Gasteiger partial charge in [0.2, 0.25) is 5.89 Å². The largest absolute Gasteiger partial charge is 0.444 e. The zero-order valence-corrected chi connectivity index (χ0v) is 14.5. The zero-order chi connectivity index (χ0) is 15.7. The molecule has 3 aromatic heterocycles. The summed E-state index contributed by atoms with van der Waals surface area (Å²) >= 11 is 3.03. The molecule has 0 radical (unpaired) electrons. The molecule has 0 fully saturated rings. The average Bonchev–Trinajstić information content (AvgIpc) is 3.15. The van der Waals surface area contributed by atoms with Gasteiger partial charge in [0.25, 0.3) is 11.1 Å². The fraction of sp³-hybridized carbons (Fsp3) is 0.400. The number of aromatic nitrogens is 3. The average molecular weight is 335 g/mol. The van der Waals surface area contributed by atoms with E-state index in [9.17, 15) is 0 Å². The summed E-state index contributed by atoms with van der Waals surface area (Å²) in [7, 11) is 0. The highest BCUT2D eigenvalue weighted by Crippen LogP contribution is 2.31. The Kier molecular flexibility index (Phi) is 4.10. The van der Waals surface area contributed by atoms with Crippen molar-refractivity contribution in [2.24, 2.45) is 0 Å². The van der Waals surface area contributed by atoms with Crippen LogP contribution >= 0.6 is 23.1 Å². The molecule has 0 bridgehead atoms. The molecule has 7 heteroatoms. The van der Waals surface area contributed by atoms with E-state index in [0.29, 0.717) is 22.8 Å². The summed E-state index contributed by atoms with van der Waals surface area (Å²) in [6.07, 6.45) is 1.78. The second-order valence-corrected chi connectivity index (χ2v) is 7.81. The molecule has 0 amide bonds. The molecule has 22 heavy (non-hydrogen) atoms. The van der Waals surface area contributed by atoms with Crippen molar-refractivity contribution in [2.45, 2.75) is 44.1 Å². The molecule has 3 heterocycles. The summed E-state index contributed by atoms with van der Waals surface area (Å²) in [5.74, 6) is 2.68. The van der Waals surface area contributed by atoms with Crippen LogP contribution in [0.3, 0.4) is 0 Å². The third kappa shape index (κ3) is 3.25. The van der Waals surface area contributed by atoms with Crippen molar-refractivity contribution >= 4 is 23.1 Å². The molecule has 0 aromatic carbocycles. The molecule has 0 saturated carbocycles. The first-order chi connectivity index (χ1) is 10.4. The molecular formula is C15H17N3O2S2. The smallest absolute Gasteiger partial charge is 0.277 e. The van der Waals surface area contributed by atoms with Crippen LogP contribution < -0.4 is 0 Å². The van der Waals surface area contributed by atoms with Crippen molar-refractivity contribution in [3.63, 3.8) is 0 Å². The van der Waals surface area contributed by atoms with Crippen LogP contribution in [0.2, 0.25) is 0 Å². The van der Waals surface area contributed by atoms with E-state index in [1.165, 1.54) is 11.8 Å². The van der Waals surface area contributed by atoms with Gasteiger partial charge in [0.05, 0.1) is 16.8 Å². The third-order valence-corrected chi connectivity index (χ3v) is 4.88. The maximum absolute atomic E-state index is 5.75. The number of hydrogen-bond donors (Lipinski definition) is 0. The van der Waals surface area contributed by atoms with Crippen LogP contribution in [0, 0.1) is 6.92 Å². The fourth-order valence-corrected chi connectivity index (χ4v) is 3.26. The molecule has 0 aliphatic heterocycles. The summed E-state index contributed by atoms with van der Waals surface area (Å²) in [6, 6.07) is 2.04. The van der Waals surface area contributed by atoms with Crippen LogP contribution in [0.15, 0.2) is 31.7 Å². The van der Waals surface area contributed by atoms with Crippen LogP contribution in [-0.2, 0) is 11.2 Å². The molecule has 0 aliphatic rings. The van der Waals surface area contributed by atoms with E-state index in [1.54, 1.807) is 17.5 Å². The van der Waals surface area contributed by atoms with Gasteiger partial charge >= 0.3 is 0 Å². The van der Waals surface area contributed by atoms with Gasteiger partial charge in [-0.05, 0) is 23.9 Å². The quantitative estimate of drug-likeness (QED) is 0.645. The van der Waals surface area contributed by atoms with Crippen molar-refractivity contribution in [3.05, 3.63) is 34.9 Å². The fourth-order valence-electron chi connectivity index (χ4n) is 1.80. The third-order valence-electron chi connectivity index (χ3n) is 3.07. The monoisotopic (exact) mass is 335 g/mol. The Morgan fingerprint density at radius 2 is 2.05 bits per heavy atom. The Balaban J connectivity index is 1.66. The van der Waals surface area contributed by atoms with Gasteiger partial charge in [-0.1, -0.05) is 32.5 Å². The molecule has 3 rings (SSSR count). The maximum atomic E-state index is 5.75. The van der Waals surface area contributed by atoms with E-state index in [-0.39, 0.29) is 5.41 Å². The highest BCUT2D eigenvalue weighted by Gasteiger charge is 2.19. The number of oxazole rings is 1. The highest BCUT2D eigenvalue weighted by molar-refractivity contribution is 7.98. The number of nitrogens with zero attached hydrogens (tertiary/aromatic N) is 3. The van der Waals surface area contributed by atoms with Gasteiger partial charge in [0.1, 0.15) is 5.76 Å². The number of thiophene rings is 1. The van der Waals surface area contributed by atoms with E-state index in [1.807, 2.05) is 18.4 Å². The number of thioether (sulfide) groups is 1. The van der Waals surface area contributed by atoms with Gasteiger partial charge in [-0.25, -0.2) is 4.98 Å². The van der Waals surface area contributed by atoms with Crippen LogP contribution in [0.5, 0.6) is 0 Å². The van der Waals surface area contributed by atoms with E-state index in [2.05, 4.69) is 36.0 Å². The summed E-state index contributed by atoms with van der Waals surface area (Å²) < 4.78 is 11.4. The topological polar surface area (TPSA) is 65.0 Å². The summed E-state index contributed by atoms with van der Waals surface area (Å²) in [5, 5.41) is 10.7. The maximum Gasteiger partial charge on any atom is 0.277 e. The Morgan fingerprint density at radius 1 is 1.23 bits per heavy atom. The van der Waals surface area contributed by atoms with Crippen LogP contribution in [-0.4, -0.2) is 15.2 Å². The summed E-state index contributed by atoms with van der Waals surface area (Å²) in [5.41, 5.74) is 1.11. The highest BCUT2D eigenvalue weighted by atomic mass is 32.2. The lowest BCUT2D eigenvalue weighted by atomic mass is 9.94. The first kappa shape index (κ1) is 15.3.